The molecule has 0 aromatic heterocycles. The lowest BCUT2D eigenvalue weighted by Gasteiger charge is -2.43. The number of amides is 3. The summed E-state index contributed by atoms with van der Waals surface area (Å²) in [5.41, 5.74) is 6.52. The summed E-state index contributed by atoms with van der Waals surface area (Å²) in [5, 5.41) is 6.06. The van der Waals surface area contributed by atoms with Gasteiger partial charge in [-0.15, -0.1) is 0 Å². The number of carbonyl (C=O) groups excluding carboxylic acids is 4. The SMILES string of the molecule is CCC1OC(OCCCCC(=O)CCCCC[C@H](N)C(=O)N(CCCNC(=O)CCCCOC2OC(CC)C(C)C(C)C2C)CCCNC(=O)CCCCOC2OC(CC)C(C)C(C)C2C)C(C)C(C)C1C. The lowest BCUT2D eigenvalue weighted by molar-refractivity contribution is -0.248. The largest absolute Gasteiger partial charge is 0.356 e. The first kappa shape index (κ1) is 64.1. The lowest BCUT2D eigenvalue weighted by atomic mass is 9.78. The maximum absolute atomic E-state index is 13.7. The monoisotopic (exact) mass is 1020 g/mol. The number of rotatable bonds is 36. The van der Waals surface area contributed by atoms with Crippen molar-refractivity contribution < 1.29 is 47.6 Å². The second-order valence-corrected chi connectivity index (χ2v) is 22.5. The van der Waals surface area contributed by atoms with Gasteiger partial charge in [-0.05, 0) is 119 Å². The second-order valence-electron chi connectivity index (χ2n) is 22.5. The Labute approximate surface area is 438 Å². The van der Waals surface area contributed by atoms with Crippen molar-refractivity contribution in [2.45, 2.75) is 248 Å². The fourth-order valence-electron chi connectivity index (χ4n) is 11.1. The summed E-state index contributed by atoms with van der Waals surface area (Å²) in [6.07, 6.45) is 13.6. The first-order chi connectivity index (χ1) is 34.4. The number of hydrogen-bond donors (Lipinski definition) is 3. The van der Waals surface area contributed by atoms with Gasteiger partial charge in [0.25, 0.3) is 0 Å². The van der Waals surface area contributed by atoms with Crippen LogP contribution in [0.1, 0.15) is 205 Å². The molecule has 0 spiro atoms. The third kappa shape index (κ3) is 21.8. The number of carbonyl (C=O) groups is 4. The summed E-state index contributed by atoms with van der Waals surface area (Å²) in [4.78, 5) is 53.7. The highest BCUT2D eigenvalue weighted by molar-refractivity contribution is 5.81. The Hall–Kier alpha value is -2.20. The maximum Gasteiger partial charge on any atom is 0.239 e. The number of Topliss-reactive ketones (excluding diaryl/α,β-unsaturated/α-hetero) is 1. The molecule has 3 saturated heterocycles. The van der Waals surface area contributed by atoms with Gasteiger partial charge in [0.2, 0.25) is 17.7 Å². The number of nitrogens with one attached hydrogen (secondary N) is 2. The molecule has 420 valence electrons. The van der Waals surface area contributed by atoms with Gasteiger partial charge in [-0.2, -0.15) is 0 Å². The van der Waals surface area contributed by atoms with Crippen LogP contribution in [0.2, 0.25) is 0 Å². The van der Waals surface area contributed by atoms with Gasteiger partial charge in [0.15, 0.2) is 18.9 Å². The van der Waals surface area contributed by atoms with Gasteiger partial charge < -0.3 is 49.7 Å². The highest BCUT2D eigenvalue weighted by Crippen LogP contribution is 2.39. The van der Waals surface area contributed by atoms with Crippen LogP contribution < -0.4 is 16.4 Å². The third-order valence-electron chi connectivity index (χ3n) is 17.4. The van der Waals surface area contributed by atoms with Crippen LogP contribution in [0.4, 0.5) is 0 Å². The lowest BCUT2D eigenvalue weighted by Crippen LogP contribution is -2.45. The highest BCUT2D eigenvalue weighted by Gasteiger charge is 2.41. The van der Waals surface area contributed by atoms with E-state index in [0.29, 0.717) is 144 Å². The zero-order chi connectivity index (χ0) is 53.2. The van der Waals surface area contributed by atoms with E-state index < -0.39 is 6.04 Å². The van der Waals surface area contributed by atoms with Gasteiger partial charge in [0.1, 0.15) is 5.78 Å². The zero-order valence-electron chi connectivity index (χ0n) is 47.7. The standard InChI is InChI=1S/C58H108N4O10/c1-13-50-42(7)39(4)45(10)56(70-50)67-36-22-19-28-48(63)27-17-16-18-29-49(59)55(66)62(34-25-32-60-53(64)30-20-23-37-68-57-46(11)40(5)43(8)51(14-2)71-57)35-26-33-61-54(65)31-21-24-38-69-58-47(12)41(6)44(9)52(15-3)72-58/h39-47,49-52,56-58H,13-38,59H2,1-12H3,(H,60,64)(H,61,65)/t39?,40?,41?,42?,43?,44?,45?,46?,47?,49-,50?,51?,52?,56?,57?,58?/m0/s1. The van der Waals surface area contributed by atoms with Crippen molar-refractivity contribution in [3.8, 4) is 0 Å². The van der Waals surface area contributed by atoms with Gasteiger partial charge in [0.05, 0.1) is 24.4 Å². The summed E-state index contributed by atoms with van der Waals surface area (Å²) in [7, 11) is 0. The van der Waals surface area contributed by atoms with E-state index in [9.17, 15) is 19.2 Å². The molecule has 0 aromatic rings. The number of hydrogen-bond acceptors (Lipinski definition) is 11. The normalized spacial score (nSPS) is 31.2. The molecule has 3 amide bonds. The molecule has 0 saturated carbocycles. The molecule has 14 nitrogen and oxygen atoms in total. The summed E-state index contributed by atoms with van der Waals surface area (Å²) in [6, 6.07) is -0.660. The molecule has 3 heterocycles. The Kier molecular flexibility index (Phi) is 31.3. The summed E-state index contributed by atoms with van der Waals surface area (Å²) in [6.45, 7) is 30.3. The quantitative estimate of drug-likeness (QED) is 0.0509. The predicted molar refractivity (Wildman–Crippen MR) is 287 cm³/mol. The first-order valence-corrected chi connectivity index (χ1v) is 29.4. The van der Waals surface area contributed by atoms with E-state index in [1.54, 1.807) is 4.90 Å². The number of ether oxygens (including phenoxy) is 6. The van der Waals surface area contributed by atoms with Crippen LogP contribution in [-0.2, 0) is 47.6 Å². The van der Waals surface area contributed by atoms with Crippen LogP contribution in [0.15, 0.2) is 0 Å². The van der Waals surface area contributed by atoms with Crippen LogP contribution in [-0.4, -0.2) is 118 Å². The average Bonchev–Trinajstić information content (AvgIpc) is 3.37. The molecule has 72 heavy (non-hydrogen) atoms. The van der Waals surface area contributed by atoms with Crippen molar-refractivity contribution in [3.05, 3.63) is 0 Å². The Bertz CT molecular complexity index is 1450. The third-order valence-corrected chi connectivity index (χ3v) is 17.4. The van der Waals surface area contributed by atoms with Crippen molar-refractivity contribution in [2.24, 2.45) is 59.0 Å². The molecule has 0 aromatic carbocycles. The van der Waals surface area contributed by atoms with E-state index in [0.717, 1.165) is 77.0 Å². The zero-order valence-corrected chi connectivity index (χ0v) is 47.7. The summed E-state index contributed by atoms with van der Waals surface area (Å²) >= 11 is 0. The van der Waals surface area contributed by atoms with Crippen molar-refractivity contribution in [1.29, 1.82) is 0 Å². The van der Waals surface area contributed by atoms with Gasteiger partial charge in [0, 0.05) is 89.4 Å². The fraction of sp³-hybridized carbons (Fsp3) is 0.931. The second kappa shape index (κ2) is 35.2. The molecular formula is C58H108N4O10. The molecule has 3 rings (SSSR count). The van der Waals surface area contributed by atoms with Gasteiger partial charge >= 0.3 is 0 Å². The van der Waals surface area contributed by atoms with E-state index in [-0.39, 0.29) is 60.7 Å². The van der Waals surface area contributed by atoms with E-state index in [1.165, 1.54) is 0 Å². The molecule has 16 atom stereocenters. The highest BCUT2D eigenvalue weighted by atomic mass is 16.7. The average molecular weight is 1020 g/mol. The van der Waals surface area contributed by atoms with Crippen molar-refractivity contribution >= 4 is 23.5 Å². The molecule has 3 fully saturated rings. The Morgan fingerprint density at radius 1 is 0.458 bits per heavy atom. The predicted octanol–water partition coefficient (Wildman–Crippen LogP) is 10.4. The smallest absolute Gasteiger partial charge is 0.239 e. The molecule has 14 heteroatoms. The molecule has 3 aliphatic rings. The molecular weight excluding hydrogens is 913 g/mol. The van der Waals surface area contributed by atoms with Gasteiger partial charge in [-0.3, -0.25) is 19.2 Å². The van der Waals surface area contributed by atoms with E-state index >= 15 is 0 Å². The Morgan fingerprint density at radius 3 is 1.17 bits per heavy atom. The summed E-state index contributed by atoms with van der Waals surface area (Å²) < 4.78 is 37.2. The van der Waals surface area contributed by atoms with Crippen LogP contribution in [0.3, 0.4) is 0 Å². The fourth-order valence-corrected chi connectivity index (χ4v) is 11.1. The molecule has 4 N–H and O–H groups in total. The van der Waals surface area contributed by atoms with Crippen LogP contribution in [0, 0.1) is 53.3 Å². The molecule has 15 unspecified atom stereocenters. The van der Waals surface area contributed by atoms with Crippen molar-refractivity contribution in [3.63, 3.8) is 0 Å². The molecule has 0 aliphatic carbocycles. The van der Waals surface area contributed by atoms with Crippen LogP contribution in [0.5, 0.6) is 0 Å². The molecule has 0 bridgehead atoms. The molecule has 0 radical (unpaired) electrons. The van der Waals surface area contributed by atoms with Crippen LogP contribution in [0.25, 0.3) is 0 Å². The van der Waals surface area contributed by atoms with Crippen molar-refractivity contribution in [1.82, 2.24) is 15.5 Å². The Morgan fingerprint density at radius 2 is 0.806 bits per heavy atom. The maximum atomic E-state index is 13.7. The minimum Gasteiger partial charge on any atom is -0.356 e. The van der Waals surface area contributed by atoms with E-state index in [2.05, 4.69) is 93.7 Å². The van der Waals surface area contributed by atoms with E-state index in [4.69, 9.17) is 34.2 Å². The minimum atomic E-state index is -0.660. The topological polar surface area (TPSA) is 177 Å². The van der Waals surface area contributed by atoms with E-state index in [1.807, 2.05) is 0 Å². The number of nitrogens with two attached hydrogens (primary N) is 1. The number of ketones is 1. The summed E-state index contributed by atoms with van der Waals surface area (Å²) in [5.74, 6) is 4.23. The Balaban J connectivity index is 1.35. The van der Waals surface area contributed by atoms with Crippen molar-refractivity contribution in [2.75, 3.05) is 46.0 Å². The molecule has 3 aliphatic heterocycles. The van der Waals surface area contributed by atoms with Gasteiger partial charge in [-0.1, -0.05) is 95.9 Å². The van der Waals surface area contributed by atoms with Crippen LogP contribution >= 0.6 is 0 Å². The number of nitrogens with zero attached hydrogens (tertiary/aromatic N) is 1. The minimum absolute atomic E-state index is 0.0118. The number of unbranched alkanes of at least 4 members (excludes halogenated alkanes) is 5. The first-order valence-electron chi connectivity index (χ1n) is 29.4. The van der Waals surface area contributed by atoms with Gasteiger partial charge in [-0.25, -0.2) is 0 Å².